The van der Waals surface area contributed by atoms with Crippen LogP contribution in [0.1, 0.15) is 24.6 Å². The fourth-order valence-corrected chi connectivity index (χ4v) is 3.03. The number of unbranched alkanes of at least 4 members (excludes halogenated alkanes) is 1. The summed E-state index contributed by atoms with van der Waals surface area (Å²) in [5.41, 5.74) is 5.78. The van der Waals surface area contributed by atoms with Crippen LogP contribution in [0.2, 0.25) is 0 Å². The third kappa shape index (κ3) is 3.80. The molecule has 0 aliphatic rings. The standard InChI is InChI=1S/C14H23N5S/c1-4-10-9-11-12(16-7-5-6-8-19(2)3)17-14(15)18-13(11)20-10/h9H,4-8H2,1-3H3,(H3,15,16,17,18). The lowest BCUT2D eigenvalue weighted by Gasteiger charge is -2.10. The van der Waals surface area contributed by atoms with Crippen molar-refractivity contribution in [1.82, 2.24) is 14.9 Å². The molecule has 0 saturated carbocycles. The summed E-state index contributed by atoms with van der Waals surface area (Å²) in [5.74, 6) is 1.21. The molecule has 0 atom stereocenters. The van der Waals surface area contributed by atoms with E-state index >= 15 is 0 Å². The molecular formula is C14H23N5S. The number of nitrogens with two attached hydrogens (primary N) is 1. The predicted octanol–water partition coefficient (Wildman–Crippen LogP) is 2.59. The molecule has 0 bridgehead atoms. The van der Waals surface area contributed by atoms with Crippen molar-refractivity contribution in [3.63, 3.8) is 0 Å². The van der Waals surface area contributed by atoms with Gasteiger partial charge in [-0.25, -0.2) is 4.98 Å². The van der Waals surface area contributed by atoms with Gasteiger partial charge >= 0.3 is 0 Å². The molecule has 3 N–H and O–H groups in total. The molecule has 0 radical (unpaired) electrons. The van der Waals surface area contributed by atoms with Gasteiger partial charge in [0.15, 0.2) is 0 Å². The molecule has 0 aliphatic heterocycles. The number of nitrogens with one attached hydrogen (secondary N) is 1. The first-order valence-electron chi connectivity index (χ1n) is 7.04. The number of hydrogen-bond acceptors (Lipinski definition) is 6. The summed E-state index contributed by atoms with van der Waals surface area (Å²) in [6.45, 7) is 4.17. The van der Waals surface area contributed by atoms with E-state index in [1.165, 1.54) is 11.3 Å². The van der Waals surface area contributed by atoms with Gasteiger partial charge in [-0.3, -0.25) is 0 Å². The van der Waals surface area contributed by atoms with E-state index in [2.05, 4.69) is 47.3 Å². The van der Waals surface area contributed by atoms with Gasteiger partial charge in [-0.15, -0.1) is 11.3 Å². The van der Waals surface area contributed by atoms with Crippen molar-refractivity contribution < 1.29 is 0 Å². The van der Waals surface area contributed by atoms with Gasteiger partial charge in [0.25, 0.3) is 0 Å². The molecule has 0 spiro atoms. The lowest BCUT2D eigenvalue weighted by molar-refractivity contribution is 0.396. The Balaban J connectivity index is 2.03. The Kier molecular flexibility index (Phi) is 5.14. The van der Waals surface area contributed by atoms with Crippen molar-refractivity contribution in [3.8, 4) is 0 Å². The Hall–Kier alpha value is -1.40. The van der Waals surface area contributed by atoms with Gasteiger partial charge in [-0.1, -0.05) is 6.92 Å². The Morgan fingerprint density at radius 3 is 2.80 bits per heavy atom. The van der Waals surface area contributed by atoms with Crippen LogP contribution < -0.4 is 11.1 Å². The van der Waals surface area contributed by atoms with Crippen LogP contribution in [0.4, 0.5) is 11.8 Å². The fourth-order valence-electron chi connectivity index (χ4n) is 2.06. The molecule has 2 rings (SSSR count). The van der Waals surface area contributed by atoms with Gasteiger partial charge in [0.2, 0.25) is 5.95 Å². The molecule has 0 unspecified atom stereocenters. The summed E-state index contributed by atoms with van der Waals surface area (Å²) >= 11 is 1.70. The van der Waals surface area contributed by atoms with Crippen molar-refractivity contribution in [2.75, 3.05) is 38.2 Å². The highest BCUT2D eigenvalue weighted by Gasteiger charge is 2.09. The third-order valence-electron chi connectivity index (χ3n) is 3.13. The van der Waals surface area contributed by atoms with Crippen molar-refractivity contribution in [2.45, 2.75) is 26.2 Å². The Bertz CT molecular complexity index is 564. The topological polar surface area (TPSA) is 67.1 Å². The molecule has 2 aromatic heterocycles. The van der Waals surface area contributed by atoms with Crippen LogP contribution in [0.3, 0.4) is 0 Å². The maximum Gasteiger partial charge on any atom is 0.223 e. The zero-order valence-corrected chi connectivity index (χ0v) is 13.3. The van der Waals surface area contributed by atoms with Gasteiger partial charge in [-0.2, -0.15) is 4.98 Å². The SMILES string of the molecule is CCc1cc2c(NCCCCN(C)C)nc(N)nc2s1. The van der Waals surface area contributed by atoms with Crippen LogP contribution >= 0.6 is 11.3 Å². The Morgan fingerprint density at radius 1 is 1.30 bits per heavy atom. The molecule has 110 valence electrons. The zero-order valence-electron chi connectivity index (χ0n) is 12.4. The van der Waals surface area contributed by atoms with Crippen LogP contribution in [-0.2, 0) is 6.42 Å². The van der Waals surface area contributed by atoms with E-state index in [1.807, 2.05) is 0 Å². The second-order valence-electron chi connectivity index (χ2n) is 5.15. The molecule has 0 saturated heterocycles. The van der Waals surface area contributed by atoms with Crippen molar-refractivity contribution in [3.05, 3.63) is 10.9 Å². The normalized spacial score (nSPS) is 11.4. The van der Waals surface area contributed by atoms with Crippen LogP contribution in [-0.4, -0.2) is 42.1 Å². The van der Waals surface area contributed by atoms with Crippen LogP contribution in [0.15, 0.2) is 6.07 Å². The summed E-state index contributed by atoms with van der Waals surface area (Å²) in [6, 6.07) is 2.17. The predicted molar refractivity (Wildman–Crippen MR) is 87.5 cm³/mol. The largest absolute Gasteiger partial charge is 0.369 e. The van der Waals surface area contributed by atoms with Gasteiger partial charge in [0, 0.05) is 11.4 Å². The molecule has 2 heterocycles. The number of rotatable bonds is 7. The van der Waals surface area contributed by atoms with Crippen molar-refractivity contribution in [1.29, 1.82) is 0 Å². The molecule has 6 heteroatoms. The number of anilines is 2. The molecule has 0 aliphatic carbocycles. The van der Waals surface area contributed by atoms with E-state index in [0.717, 1.165) is 42.0 Å². The quantitative estimate of drug-likeness (QED) is 0.768. The summed E-state index contributed by atoms with van der Waals surface area (Å²) in [5, 5.41) is 4.49. The first-order chi connectivity index (χ1) is 9.60. The number of fused-ring (bicyclic) bond motifs is 1. The Labute approximate surface area is 124 Å². The molecule has 0 aromatic carbocycles. The first kappa shape index (κ1) is 15.0. The molecule has 0 fully saturated rings. The summed E-state index contributed by atoms with van der Waals surface area (Å²) in [4.78, 5) is 13.1. The monoisotopic (exact) mass is 293 g/mol. The average Bonchev–Trinajstić information content (AvgIpc) is 2.80. The minimum absolute atomic E-state index is 0.345. The lowest BCUT2D eigenvalue weighted by atomic mass is 10.3. The van der Waals surface area contributed by atoms with E-state index in [4.69, 9.17) is 5.73 Å². The zero-order chi connectivity index (χ0) is 14.5. The lowest BCUT2D eigenvalue weighted by Crippen LogP contribution is -2.14. The maximum absolute atomic E-state index is 5.78. The number of nitrogens with zero attached hydrogens (tertiary/aromatic N) is 3. The van der Waals surface area contributed by atoms with Gasteiger partial charge in [0.05, 0.1) is 5.39 Å². The Morgan fingerprint density at radius 2 is 2.10 bits per heavy atom. The highest BCUT2D eigenvalue weighted by molar-refractivity contribution is 7.18. The smallest absolute Gasteiger partial charge is 0.223 e. The van der Waals surface area contributed by atoms with Gasteiger partial charge in [-0.05, 0) is 46.0 Å². The average molecular weight is 293 g/mol. The number of aromatic nitrogens is 2. The van der Waals surface area contributed by atoms with Gasteiger partial charge < -0.3 is 16.0 Å². The third-order valence-corrected chi connectivity index (χ3v) is 4.31. The molecule has 20 heavy (non-hydrogen) atoms. The highest BCUT2D eigenvalue weighted by atomic mass is 32.1. The highest BCUT2D eigenvalue weighted by Crippen LogP contribution is 2.29. The molecule has 5 nitrogen and oxygen atoms in total. The number of nitrogen functional groups attached to an aromatic ring is 1. The summed E-state index contributed by atoms with van der Waals surface area (Å²) < 4.78 is 0. The second-order valence-corrected chi connectivity index (χ2v) is 6.27. The van der Waals surface area contributed by atoms with E-state index < -0.39 is 0 Å². The number of aryl methyl sites for hydroxylation is 1. The molecule has 0 amide bonds. The second kappa shape index (κ2) is 6.85. The minimum Gasteiger partial charge on any atom is -0.369 e. The summed E-state index contributed by atoms with van der Waals surface area (Å²) in [7, 11) is 4.19. The van der Waals surface area contributed by atoms with Crippen molar-refractivity contribution >= 4 is 33.3 Å². The minimum atomic E-state index is 0.345. The number of thiophene rings is 1. The van der Waals surface area contributed by atoms with E-state index in [-0.39, 0.29) is 0 Å². The van der Waals surface area contributed by atoms with Gasteiger partial charge in [0.1, 0.15) is 10.6 Å². The van der Waals surface area contributed by atoms with Crippen LogP contribution in [0.25, 0.3) is 10.2 Å². The van der Waals surface area contributed by atoms with E-state index in [1.54, 1.807) is 11.3 Å². The molecule has 2 aromatic rings. The number of hydrogen-bond donors (Lipinski definition) is 2. The van der Waals surface area contributed by atoms with E-state index in [9.17, 15) is 0 Å². The van der Waals surface area contributed by atoms with E-state index in [0.29, 0.717) is 5.95 Å². The summed E-state index contributed by atoms with van der Waals surface area (Å²) in [6.07, 6.45) is 3.31. The molecular weight excluding hydrogens is 270 g/mol. The van der Waals surface area contributed by atoms with Crippen molar-refractivity contribution in [2.24, 2.45) is 0 Å². The maximum atomic E-state index is 5.78. The first-order valence-corrected chi connectivity index (χ1v) is 7.86. The van der Waals surface area contributed by atoms with Crippen LogP contribution in [0.5, 0.6) is 0 Å². The van der Waals surface area contributed by atoms with Crippen LogP contribution in [0, 0.1) is 0 Å². The fraction of sp³-hybridized carbons (Fsp3) is 0.571.